The molecule has 1 saturated carbocycles. The third kappa shape index (κ3) is 3.25. The molecule has 0 unspecified atom stereocenters. The molecular formula is C25H25N3O3. The number of fused-ring (bicyclic) bond motifs is 3. The standard InChI is InChI=1S/C25H25N3O3/c1-31-22-13-19(9-6-18(22)14-26)28-24(15-4-2-3-5-15)21-11-7-16-12-17(25(29)30)8-10-20(16)23(21)27-28/h6,8-10,12-13,15,21,24H,2-5,7,11H2,1H3,(H,29,30)/t21-,24-/m1/s1. The van der Waals surface area contributed by atoms with E-state index in [1.54, 1.807) is 25.3 Å². The van der Waals surface area contributed by atoms with Crippen LogP contribution in [0.25, 0.3) is 0 Å². The molecule has 6 heteroatoms. The molecule has 31 heavy (non-hydrogen) atoms. The van der Waals surface area contributed by atoms with Crippen LogP contribution in [-0.4, -0.2) is 29.9 Å². The van der Waals surface area contributed by atoms with Gasteiger partial charge >= 0.3 is 5.97 Å². The Kier molecular flexibility index (Phi) is 4.90. The van der Waals surface area contributed by atoms with Gasteiger partial charge in [-0.15, -0.1) is 0 Å². The van der Waals surface area contributed by atoms with Gasteiger partial charge in [0.1, 0.15) is 11.8 Å². The molecule has 0 saturated heterocycles. The molecular weight excluding hydrogens is 390 g/mol. The summed E-state index contributed by atoms with van der Waals surface area (Å²) in [5, 5.41) is 26.0. The first-order chi connectivity index (χ1) is 15.1. The van der Waals surface area contributed by atoms with E-state index >= 15 is 0 Å². The van der Waals surface area contributed by atoms with Crippen molar-refractivity contribution in [1.29, 1.82) is 5.26 Å². The number of ether oxygens (including phenoxy) is 1. The summed E-state index contributed by atoms with van der Waals surface area (Å²) in [7, 11) is 1.58. The van der Waals surface area contributed by atoms with Crippen LogP contribution in [-0.2, 0) is 6.42 Å². The van der Waals surface area contributed by atoms with Gasteiger partial charge in [-0.25, -0.2) is 4.79 Å². The number of rotatable bonds is 4. The zero-order valence-electron chi connectivity index (χ0n) is 17.5. The van der Waals surface area contributed by atoms with Crippen LogP contribution in [0.15, 0.2) is 41.5 Å². The molecule has 2 atom stereocenters. The number of aromatic carboxylic acids is 1. The molecule has 3 aliphatic rings. The Morgan fingerprint density at radius 3 is 2.71 bits per heavy atom. The quantitative estimate of drug-likeness (QED) is 0.788. The van der Waals surface area contributed by atoms with Crippen molar-refractivity contribution in [2.75, 3.05) is 12.1 Å². The highest BCUT2D eigenvalue weighted by atomic mass is 16.5. The molecule has 2 aliphatic carbocycles. The molecule has 0 aromatic heterocycles. The summed E-state index contributed by atoms with van der Waals surface area (Å²) >= 11 is 0. The number of carbonyl (C=O) groups is 1. The van der Waals surface area contributed by atoms with E-state index in [4.69, 9.17) is 9.84 Å². The van der Waals surface area contributed by atoms with Gasteiger partial charge in [-0.2, -0.15) is 10.4 Å². The van der Waals surface area contributed by atoms with Gasteiger partial charge in [-0.05, 0) is 61.4 Å². The van der Waals surface area contributed by atoms with Crippen molar-refractivity contribution in [1.82, 2.24) is 0 Å². The van der Waals surface area contributed by atoms with Crippen molar-refractivity contribution in [2.24, 2.45) is 16.9 Å². The topological polar surface area (TPSA) is 85.9 Å². The molecule has 1 heterocycles. The van der Waals surface area contributed by atoms with E-state index in [1.807, 2.05) is 18.2 Å². The maximum absolute atomic E-state index is 11.4. The third-order valence-corrected chi connectivity index (χ3v) is 7.07. The number of hydrazone groups is 1. The van der Waals surface area contributed by atoms with Gasteiger partial charge in [0.05, 0.1) is 35.7 Å². The second-order valence-corrected chi connectivity index (χ2v) is 8.68. The summed E-state index contributed by atoms with van der Waals surface area (Å²) in [4.78, 5) is 11.4. The summed E-state index contributed by atoms with van der Waals surface area (Å²) in [6, 6.07) is 13.5. The molecule has 5 rings (SSSR count). The van der Waals surface area contributed by atoms with Crippen LogP contribution in [0, 0.1) is 23.2 Å². The number of anilines is 1. The van der Waals surface area contributed by atoms with E-state index in [2.05, 4.69) is 11.1 Å². The monoisotopic (exact) mass is 415 g/mol. The largest absolute Gasteiger partial charge is 0.495 e. The highest BCUT2D eigenvalue weighted by molar-refractivity contribution is 6.07. The number of methoxy groups -OCH3 is 1. The van der Waals surface area contributed by atoms with Crippen LogP contribution in [0.2, 0.25) is 0 Å². The minimum absolute atomic E-state index is 0.280. The minimum atomic E-state index is -0.895. The summed E-state index contributed by atoms with van der Waals surface area (Å²) in [5.41, 5.74) is 5.00. The lowest BCUT2D eigenvalue weighted by molar-refractivity contribution is 0.0696. The van der Waals surface area contributed by atoms with Crippen LogP contribution in [0.3, 0.4) is 0 Å². The SMILES string of the molecule is COc1cc(N2N=C3c4ccc(C(=O)O)cc4CC[C@H]3[C@H]2C2CCCC2)ccc1C#N. The number of aryl methyl sites for hydroxylation is 1. The molecule has 1 aliphatic heterocycles. The molecule has 6 nitrogen and oxygen atoms in total. The number of nitriles is 1. The Morgan fingerprint density at radius 1 is 1.19 bits per heavy atom. The lowest BCUT2D eigenvalue weighted by Gasteiger charge is -2.34. The Labute approximate surface area is 181 Å². The second kappa shape index (κ2) is 7.73. The minimum Gasteiger partial charge on any atom is -0.495 e. The molecule has 2 aromatic carbocycles. The van der Waals surface area contributed by atoms with Crippen molar-refractivity contribution < 1.29 is 14.6 Å². The smallest absolute Gasteiger partial charge is 0.335 e. The molecule has 0 spiro atoms. The average Bonchev–Trinajstić information content (AvgIpc) is 3.45. The Hall–Kier alpha value is -3.33. The molecule has 0 bridgehead atoms. The van der Waals surface area contributed by atoms with Crippen molar-refractivity contribution in [3.05, 3.63) is 58.7 Å². The van der Waals surface area contributed by atoms with Crippen molar-refractivity contribution >= 4 is 17.4 Å². The normalized spacial score (nSPS) is 22.5. The zero-order chi connectivity index (χ0) is 21.5. The fourth-order valence-corrected chi connectivity index (χ4v) is 5.62. The van der Waals surface area contributed by atoms with E-state index < -0.39 is 5.97 Å². The van der Waals surface area contributed by atoms with Crippen molar-refractivity contribution in [3.63, 3.8) is 0 Å². The number of nitrogens with zero attached hydrogens (tertiary/aromatic N) is 3. The number of carboxylic acids is 1. The molecule has 158 valence electrons. The van der Waals surface area contributed by atoms with Crippen LogP contribution < -0.4 is 9.75 Å². The maximum atomic E-state index is 11.4. The molecule has 0 radical (unpaired) electrons. The molecule has 1 fully saturated rings. The van der Waals surface area contributed by atoms with Crippen LogP contribution in [0.1, 0.15) is 59.2 Å². The average molecular weight is 415 g/mol. The third-order valence-electron chi connectivity index (χ3n) is 7.07. The summed E-state index contributed by atoms with van der Waals surface area (Å²) in [5.74, 6) is 0.570. The number of carboxylic acid groups (broad SMARTS) is 1. The Morgan fingerprint density at radius 2 is 2.00 bits per heavy atom. The van der Waals surface area contributed by atoms with E-state index in [9.17, 15) is 15.2 Å². The van der Waals surface area contributed by atoms with E-state index in [0.717, 1.165) is 35.4 Å². The van der Waals surface area contributed by atoms with E-state index in [0.29, 0.717) is 28.7 Å². The van der Waals surface area contributed by atoms with E-state index in [-0.39, 0.29) is 6.04 Å². The van der Waals surface area contributed by atoms with Crippen LogP contribution >= 0.6 is 0 Å². The first-order valence-corrected chi connectivity index (χ1v) is 10.9. The molecule has 2 aromatic rings. The predicted molar refractivity (Wildman–Crippen MR) is 118 cm³/mol. The van der Waals surface area contributed by atoms with Crippen molar-refractivity contribution in [2.45, 2.75) is 44.6 Å². The molecule has 0 amide bonds. The lowest BCUT2D eigenvalue weighted by atomic mass is 9.75. The van der Waals surface area contributed by atoms with Gasteiger partial charge in [0.25, 0.3) is 0 Å². The van der Waals surface area contributed by atoms with E-state index in [1.165, 1.54) is 25.7 Å². The van der Waals surface area contributed by atoms with Crippen molar-refractivity contribution in [3.8, 4) is 11.8 Å². The maximum Gasteiger partial charge on any atom is 0.335 e. The van der Waals surface area contributed by atoms with Gasteiger partial charge in [-0.3, -0.25) is 5.01 Å². The summed E-state index contributed by atoms with van der Waals surface area (Å²) in [6.45, 7) is 0. The highest BCUT2D eigenvalue weighted by Gasteiger charge is 2.45. The number of hydrogen-bond donors (Lipinski definition) is 1. The number of benzene rings is 2. The van der Waals surface area contributed by atoms with Gasteiger partial charge in [0, 0.05) is 17.5 Å². The first-order valence-electron chi connectivity index (χ1n) is 10.9. The Balaban J connectivity index is 1.59. The first kappa shape index (κ1) is 19.6. The zero-order valence-corrected chi connectivity index (χ0v) is 17.5. The summed E-state index contributed by atoms with van der Waals surface area (Å²) < 4.78 is 5.45. The summed E-state index contributed by atoms with van der Waals surface area (Å²) in [6.07, 6.45) is 6.77. The van der Waals surface area contributed by atoms with Gasteiger partial charge < -0.3 is 9.84 Å². The number of hydrogen-bond acceptors (Lipinski definition) is 5. The van der Waals surface area contributed by atoms with Gasteiger partial charge in [0.15, 0.2) is 0 Å². The predicted octanol–water partition coefficient (Wildman–Crippen LogP) is 4.61. The molecule has 1 N–H and O–H groups in total. The van der Waals surface area contributed by atoms with Gasteiger partial charge in [-0.1, -0.05) is 18.9 Å². The van der Waals surface area contributed by atoms with Crippen LogP contribution in [0.5, 0.6) is 5.75 Å². The fourth-order valence-electron chi connectivity index (χ4n) is 5.62. The second-order valence-electron chi connectivity index (χ2n) is 8.68. The fraction of sp³-hybridized carbons (Fsp3) is 0.400. The lowest BCUT2D eigenvalue weighted by Crippen LogP contribution is -2.40. The van der Waals surface area contributed by atoms with Gasteiger partial charge in [0.2, 0.25) is 0 Å². The van der Waals surface area contributed by atoms with Crippen LogP contribution in [0.4, 0.5) is 5.69 Å². The Bertz CT molecular complexity index is 1110. The highest BCUT2D eigenvalue weighted by Crippen LogP contribution is 2.45.